The Hall–Kier alpha value is -1.36. The molecule has 19 heavy (non-hydrogen) atoms. The van der Waals surface area contributed by atoms with Gasteiger partial charge in [0.25, 0.3) is 0 Å². The molecule has 5 nitrogen and oxygen atoms in total. The highest BCUT2D eigenvalue weighted by atomic mass is 16.5. The van der Waals surface area contributed by atoms with Gasteiger partial charge in [-0.2, -0.15) is 5.10 Å². The molecule has 0 spiro atoms. The van der Waals surface area contributed by atoms with E-state index in [0.717, 1.165) is 26.1 Å². The van der Waals surface area contributed by atoms with Crippen LogP contribution in [0.2, 0.25) is 0 Å². The standard InChI is InChI=1S/C14H23N3O2/c1-12-10-15-17(11-12)8-7-16-6-4-3-5-13(16)9-14(18)19-2/h10-11,13H,3-9H2,1-2H3. The summed E-state index contributed by atoms with van der Waals surface area (Å²) in [5.74, 6) is -0.105. The van der Waals surface area contributed by atoms with E-state index in [1.807, 2.05) is 17.8 Å². The molecule has 2 rings (SSSR count). The van der Waals surface area contributed by atoms with Gasteiger partial charge in [-0.05, 0) is 31.9 Å². The molecule has 1 aliphatic heterocycles. The van der Waals surface area contributed by atoms with Crippen LogP contribution < -0.4 is 0 Å². The summed E-state index contributed by atoms with van der Waals surface area (Å²) in [5, 5.41) is 4.30. The Bertz CT molecular complexity index is 417. The quantitative estimate of drug-likeness (QED) is 0.759. The number of hydrogen-bond donors (Lipinski definition) is 0. The Labute approximate surface area is 114 Å². The minimum atomic E-state index is -0.105. The second-order valence-electron chi connectivity index (χ2n) is 5.25. The van der Waals surface area contributed by atoms with E-state index in [-0.39, 0.29) is 5.97 Å². The Morgan fingerprint density at radius 3 is 3.00 bits per heavy atom. The normalized spacial score (nSPS) is 20.4. The molecule has 2 heterocycles. The molecule has 1 saturated heterocycles. The molecule has 1 aliphatic rings. The third-order valence-corrected chi connectivity index (χ3v) is 3.76. The third kappa shape index (κ3) is 4.06. The van der Waals surface area contributed by atoms with Gasteiger partial charge in [-0.15, -0.1) is 0 Å². The molecule has 0 N–H and O–H groups in total. The molecule has 1 unspecified atom stereocenters. The summed E-state index contributed by atoms with van der Waals surface area (Å²) in [5.41, 5.74) is 1.18. The van der Waals surface area contributed by atoms with Crippen molar-refractivity contribution in [2.75, 3.05) is 20.2 Å². The van der Waals surface area contributed by atoms with Crippen LogP contribution in [0.5, 0.6) is 0 Å². The highest BCUT2D eigenvalue weighted by molar-refractivity contribution is 5.69. The minimum absolute atomic E-state index is 0.105. The molecule has 1 fully saturated rings. The first-order valence-electron chi connectivity index (χ1n) is 6.99. The molecule has 0 amide bonds. The second-order valence-corrected chi connectivity index (χ2v) is 5.25. The first kappa shape index (κ1) is 14.1. The van der Waals surface area contributed by atoms with Crippen molar-refractivity contribution in [3.63, 3.8) is 0 Å². The predicted molar refractivity (Wildman–Crippen MR) is 72.8 cm³/mol. The molecule has 0 bridgehead atoms. The van der Waals surface area contributed by atoms with Gasteiger partial charge in [0.2, 0.25) is 0 Å². The minimum Gasteiger partial charge on any atom is -0.469 e. The van der Waals surface area contributed by atoms with E-state index in [4.69, 9.17) is 4.74 Å². The van der Waals surface area contributed by atoms with E-state index in [1.54, 1.807) is 0 Å². The molecule has 0 aliphatic carbocycles. The lowest BCUT2D eigenvalue weighted by Gasteiger charge is -2.35. The number of likely N-dealkylation sites (tertiary alicyclic amines) is 1. The zero-order valence-electron chi connectivity index (χ0n) is 11.8. The third-order valence-electron chi connectivity index (χ3n) is 3.76. The van der Waals surface area contributed by atoms with Crippen molar-refractivity contribution in [1.29, 1.82) is 0 Å². The van der Waals surface area contributed by atoms with Crippen molar-refractivity contribution in [1.82, 2.24) is 14.7 Å². The maximum atomic E-state index is 11.4. The molecular formula is C14H23N3O2. The summed E-state index contributed by atoms with van der Waals surface area (Å²) in [4.78, 5) is 13.8. The number of hydrogen-bond acceptors (Lipinski definition) is 4. The molecule has 0 radical (unpaired) electrons. The van der Waals surface area contributed by atoms with Crippen LogP contribution >= 0.6 is 0 Å². The topological polar surface area (TPSA) is 47.4 Å². The number of piperidine rings is 1. The van der Waals surface area contributed by atoms with Gasteiger partial charge in [0, 0.05) is 18.8 Å². The van der Waals surface area contributed by atoms with Crippen molar-refractivity contribution in [2.24, 2.45) is 0 Å². The number of carbonyl (C=O) groups excluding carboxylic acids is 1. The second kappa shape index (κ2) is 6.70. The molecule has 1 atom stereocenters. The maximum absolute atomic E-state index is 11.4. The summed E-state index contributed by atoms with van der Waals surface area (Å²) in [7, 11) is 1.46. The van der Waals surface area contributed by atoms with E-state index in [9.17, 15) is 4.79 Å². The number of ether oxygens (including phenoxy) is 1. The van der Waals surface area contributed by atoms with E-state index >= 15 is 0 Å². The fourth-order valence-electron chi connectivity index (χ4n) is 2.68. The summed E-state index contributed by atoms with van der Waals surface area (Å²) in [6.45, 7) is 4.95. The highest BCUT2D eigenvalue weighted by Gasteiger charge is 2.24. The molecular weight excluding hydrogens is 242 g/mol. The Morgan fingerprint density at radius 2 is 2.32 bits per heavy atom. The lowest BCUT2D eigenvalue weighted by atomic mass is 9.99. The zero-order chi connectivity index (χ0) is 13.7. The van der Waals surface area contributed by atoms with Crippen LogP contribution in [0.3, 0.4) is 0 Å². The fourth-order valence-corrected chi connectivity index (χ4v) is 2.68. The lowest BCUT2D eigenvalue weighted by Crippen LogP contribution is -2.42. The van der Waals surface area contributed by atoms with E-state index < -0.39 is 0 Å². The Kier molecular flexibility index (Phi) is 4.96. The predicted octanol–water partition coefficient (Wildman–Crippen LogP) is 1.61. The molecule has 106 valence electrons. The Morgan fingerprint density at radius 1 is 1.47 bits per heavy atom. The van der Waals surface area contributed by atoms with Gasteiger partial charge in [-0.25, -0.2) is 0 Å². The molecule has 0 saturated carbocycles. The van der Waals surface area contributed by atoms with Gasteiger partial charge in [0.05, 0.1) is 26.3 Å². The summed E-state index contributed by atoms with van der Waals surface area (Å²) < 4.78 is 6.76. The first-order chi connectivity index (χ1) is 9.19. The monoisotopic (exact) mass is 265 g/mol. The van der Waals surface area contributed by atoms with E-state index in [2.05, 4.69) is 16.2 Å². The average molecular weight is 265 g/mol. The van der Waals surface area contributed by atoms with Gasteiger partial charge < -0.3 is 4.74 Å². The van der Waals surface area contributed by atoms with Crippen molar-refractivity contribution >= 4 is 5.97 Å². The lowest BCUT2D eigenvalue weighted by molar-refractivity contribution is -0.142. The smallest absolute Gasteiger partial charge is 0.307 e. The van der Waals surface area contributed by atoms with Crippen molar-refractivity contribution in [3.05, 3.63) is 18.0 Å². The average Bonchev–Trinajstić information content (AvgIpc) is 2.83. The van der Waals surface area contributed by atoms with Crippen LogP contribution in [0.25, 0.3) is 0 Å². The molecule has 5 heteroatoms. The van der Waals surface area contributed by atoms with Gasteiger partial charge >= 0.3 is 5.97 Å². The molecule has 1 aromatic rings. The van der Waals surface area contributed by atoms with Gasteiger partial charge in [-0.1, -0.05) is 6.42 Å². The molecule has 1 aromatic heterocycles. The number of aromatic nitrogens is 2. The van der Waals surface area contributed by atoms with Crippen molar-refractivity contribution in [2.45, 2.75) is 45.2 Å². The first-order valence-corrected chi connectivity index (χ1v) is 6.99. The maximum Gasteiger partial charge on any atom is 0.307 e. The fraction of sp³-hybridized carbons (Fsp3) is 0.714. The highest BCUT2D eigenvalue weighted by Crippen LogP contribution is 2.19. The van der Waals surface area contributed by atoms with Crippen LogP contribution in [-0.4, -0.2) is 46.9 Å². The van der Waals surface area contributed by atoms with Crippen LogP contribution in [0.1, 0.15) is 31.2 Å². The van der Waals surface area contributed by atoms with Gasteiger partial charge in [-0.3, -0.25) is 14.4 Å². The number of carbonyl (C=O) groups is 1. The summed E-state index contributed by atoms with van der Waals surface area (Å²) in [6.07, 6.45) is 7.96. The number of methoxy groups -OCH3 is 1. The number of esters is 1. The van der Waals surface area contributed by atoms with Crippen LogP contribution in [-0.2, 0) is 16.1 Å². The zero-order valence-corrected chi connectivity index (χ0v) is 11.8. The van der Waals surface area contributed by atoms with Crippen LogP contribution in [0, 0.1) is 6.92 Å². The van der Waals surface area contributed by atoms with E-state index in [1.165, 1.54) is 25.5 Å². The van der Waals surface area contributed by atoms with Gasteiger partial charge in [0.1, 0.15) is 0 Å². The largest absolute Gasteiger partial charge is 0.469 e. The SMILES string of the molecule is COC(=O)CC1CCCCN1CCn1cc(C)cn1. The number of rotatable bonds is 5. The van der Waals surface area contributed by atoms with Crippen LogP contribution in [0.4, 0.5) is 0 Å². The summed E-state index contributed by atoms with van der Waals surface area (Å²) in [6, 6.07) is 0.331. The number of nitrogens with zero attached hydrogens (tertiary/aromatic N) is 3. The Balaban J connectivity index is 1.86. The van der Waals surface area contributed by atoms with Crippen molar-refractivity contribution < 1.29 is 9.53 Å². The van der Waals surface area contributed by atoms with Gasteiger partial charge in [0.15, 0.2) is 0 Å². The molecule has 0 aromatic carbocycles. The number of aryl methyl sites for hydroxylation is 1. The summed E-state index contributed by atoms with van der Waals surface area (Å²) >= 11 is 0. The van der Waals surface area contributed by atoms with E-state index in [0.29, 0.717) is 12.5 Å². The van der Waals surface area contributed by atoms with Crippen LogP contribution in [0.15, 0.2) is 12.4 Å². The van der Waals surface area contributed by atoms with Crippen molar-refractivity contribution in [3.8, 4) is 0 Å².